The molecule has 1 aromatic rings. The maximum atomic E-state index is 12.7. The Bertz CT molecular complexity index is 495. The molecule has 1 aromatic carbocycles. The minimum Gasteiger partial charge on any atom is -0.324 e. The first kappa shape index (κ1) is 12.5. The largest absolute Gasteiger partial charge is 0.324 e. The van der Waals surface area contributed by atoms with Crippen molar-refractivity contribution >= 4 is 10.0 Å². The number of hydrogen-bond acceptors (Lipinski definition) is 3. The lowest BCUT2D eigenvalue weighted by molar-refractivity contribution is 0.251. The summed E-state index contributed by atoms with van der Waals surface area (Å²) in [5.74, 6) is -0.460. The topological polar surface area (TPSA) is 72.2 Å². The Morgan fingerprint density at radius 3 is 2.35 bits per heavy atom. The summed E-state index contributed by atoms with van der Waals surface area (Å²) in [4.78, 5) is 0.0572. The summed E-state index contributed by atoms with van der Waals surface area (Å²) in [5, 5.41) is 0. The van der Waals surface area contributed by atoms with Crippen LogP contribution >= 0.6 is 0 Å². The summed E-state index contributed by atoms with van der Waals surface area (Å²) in [6.45, 7) is 0.229. The van der Waals surface area contributed by atoms with Gasteiger partial charge in [0.1, 0.15) is 5.82 Å². The van der Waals surface area contributed by atoms with Gasteiger partial charge in [-0.25, -0.2) is 17.5 Å². The number of sulfonamides is 1. The van der Waals surface area contributed by atoms with Gasteiger partial charge in [-0.1, -0.05) is 0 Å². The summed E-state index contributed by atoms with van der Waals surface area (Å²) in [6.07, 6.45) is 2.70. The maximum absolute atomic E-state index is 12.7. The van der Waals surface area contributed by atoms with Crippen LogP contribution in [-0.2, 0) is 10.0 Å². The molecule has 17 heavy (non-hydrogen) atoms. The second-order valence-electron chi connectivity index (χ2n) is 4.49. The molecule has 0 radical (unpaired) electrons. The third kappa shape index (κ3) is 2.83. The zero-order valence-electron chi connectivity index (χ0n) is 9.32. The van der Waals surface area contributed by atoms with Crippen molar-refractivity contribution in [3.8, 4) is 0 Å². The molecule has 0 aliphatic heterocycles. The molecule has 2 rings (SSSR count). The smallest absolute Gasteiger partial charge is 0.240 e. The van der Waals surface area contributed by atoms with Crippen LogP contribution in [0.4, 0.5) is 4.39 Å². The maximum Gasteiger partial charge on any atom is 0.240 e. The number of rotatable bonds is 4. The summed E-state index contributed by atoms with van der Waals surface area (Å²) >= 11 is 0. The third-order valence-electron chi connectivity index (χ3n) is 3.09. The number of nitrogens with two attached hydrogens (primary N) is 1. The fraction of sp³-hybridized carbons (Fsp3) is 0.455. The van der Waals surface area contributed by atoms with Crippen LogP contribution in [0.1, 0.15) is 19.3 Å². The van der Waals surface area contributed by atoms with Gasteiger partial charge in [0.15, 0.2) is 0 Å². The van der Waals surface area contributed by atoms with E-state index in [1.807, 2.05) is 0 Å². The molecule has 1 aliphatic rings. The van der Waals surface area contributed by atoms with E-state index in [1.165, 1.54) is 12.1 Å². The van der Waals surface area contributed by atoms with Crippen molar-refractivity contribution in [1.82, 2.24) is 4.72 Å². The molecule has 0 heterocycles. The Hall–Kier alpha value is -0.980. The van der Waals surface area contributed by atoms with Crippen LogP contribution < -0.4 is 10.5 Å². The van der Waals surface area contributed by atoms with E-state index in [-0.39, 0.29) is 11.4 Å². The minimum absolute atomic E-state index is 0.0572. The molecule has 4 nitrogen and oxygen atoms in total. The van der Waals surface area contributed by atoms with E-state index in [4.69, 9.17) is 5.73 Å². The van der Waals surface area contributed by atoms with Gasteiger partial charge < -0.3 is 5.73 Å². The summed E-state index contributed by atoms with van der Waals surface area (Å²) in [7, 11) is -3.58. The summed E-state index contributed by atoms with van der Waals surface area (Å²) < 4.78 is 38.8. The highest BCUT2D eigenvalue weighted by atomic mass is 32.2. The average Bonchev–Trinajstić information content (AvgIpc) is 2.24. The number of benzene rings is 1. The zero-order chi connectivity index (χ0) is 12.5. The van der Waals surface area contributed by atoms with Crippen LogP contribution in [0, 0.1) is 5.82 Å². The van der Waals surface area contributed by atoms with E-state index in [9.17, 15) is 12.8 Å². The summed E-state index contributed by atoms with van der Waals surface area (Å²) in [6, 6.07) is 4.72. The van der Waals surface area contributed by atoms with Gasteiger partial charge in [-0.15, -0.1) is 0 Å². The van der Waals surface area contributed by atoms with Crippen molar-refractivity contribution in [2.24, 2.45) is 5.73 Å². The fourth-order valence-electron chi connectivity index (χ4n) is 1.74. The molecule has 0 saturated heterocycles. The molecule has 0 bridgehead atoms. The monoisotopic (exact) mass is 258 g/mol. The third-order valence-corrected chi connectivity index (χ3v) is 4.50. The van der Waals surface area contributed by atoms with Gasteiger partial charge in [-0.05, 0) is 43.5 Å². The van der Waals surface area contributed by atoms with E-state index in [1.54, 1.807) is 0 Å². The quantitative estimate of drug-likeness (QED) is 0.845. The lowest BCUT2D eigenvalue weighted by Crippen LogP contribution is -2.54. The molecular formula is C11H15FN2O2S. The first-order valence-electron chi connectivity index (χ1n) is 5.45. The van der Waals surface area contributed by atoms with Crippen LogP contribution in [0.3, 0.4) is 0 Å². The number of nitrogens with one attached hydrogen (secondary N) is 1. The summed E-state index contributed by atoms with van der Waals surface area (Å²) in [5.41, 5.74) is 5.52. The second kappa shape index (κ2) is 4.36. The Kier molecular flexibility index (Phi) is 3.20. The van der Waals surface area contributed by atoms with Gasteiger partial charge in [-0.2, -0.15) is 0 Å². The van der Waals surface area contributed by atoms with Gasteiger partial charge in [0.2, 0.25) is 10.0 Å². The number of hydrogen-bond donors (Lipinski definition) is 2. The predicted molar refractivity (Wildman–Crippen MR) is 62.4 cm³/mol. The number of halogens is 1. The average molecular weight is 258 g/mol. The Balaban J connectivity index is 2.06. The molecule has 3 N–H and O–H groups in total. The minimum atomic E-state index is -3.58. The van der Waals surface area contributed by atoms with Crippen molar-refractivity contribution in [2.45, 2.75) is 29.7 Å². The highest BCUT2D eigenvalue weighted by Gasteiger charge is 2.33. The molecule has 0 atom stereocenters. The molecular weight excluding hydrogens is 243 g/mol. The van der Waals surface area contributed by atoms with Gasteiger partial charge in [0, 0.05) is 12.1 Å². The van der Waals surface area contributed by atoms with E-state index in [0.29, 0.717) is 0 Å². The highest BCUT2D eigenvalue weighted by Crippen LogP contribution is 2.28. The molecule has 1 saturated carbocycles. The van der Waals surface area contributed by atoms with Crippen molar-refractivity contribution in [1.29, 1.82) is 0 Å². The molecule has 0 unspecified atom stereocenters. The second-order valence-corrected chi connectivity index (χ2v) is 6.26. The molecule has 1 aliphatic carbocycles. The van der Waals surface area contributed by atoms with E-state index >= 15 is 0 Å². The molecule has 0 aromatic heterocycles. The molecule has 6 heteroatoms. The zero-order valence-corrected chi connectivity index (χ0v) is 10.1. The first-order valence-corrected chi connectivity index (χ1v) is 6.94. The Morgan fingerprint density at radius 1 is 1.29 bits per heavy atom. The molecule has 0 amide bonds. The highest BCUT2D eigenvalue weighted by molar-refractivity contribution is 7.89. The Labute approximate surface area is 100 Å². The van der Waals surface area contributed by atoms with Crippen molar-refractivity contribution in [3.63, 3.8) is 0 Å². The normalized spacial score (nSPS) is 18.7. The van der Waals surface area contributed by atoms with Crippen LogP contribution in [-0.4, -0.2) is 20.5 Å². The van der Waals surface area contributed by atoms with Crippen LogP contribution in [0.15, 0.2) is 29.2 Å². The lowest BCUT2D eigenvalue weighted by Gasteiger charge is -2.37. The van der Waals surface area contributed by atoms with E-state index in [0.717, 1.165) is 31.4 Å². The van der Waals surface area contributed by atoms with Crippen LogP contribution in [0.25, 0.3) is 0 Å². The van der Waals surface area contributed by atoms with Gasteiger partial charge in [0.25, 0.3) is 0 Å². The van der Waals surface area contributed by atoms with Crippen molar-refractivity contribution in [3.05, 3.63) is 30.1 Å². The predicted octanol–water partition coefficient (Wildman–Crippen LogP) is 0.985. The Morgan fingerprint density at radius 2 is 1.88 bits per heavy atom. The SMILES string of the molecule is NC1(CNS(=O)(=O)c2ccc(F)cc2)CCC1. The van der Waals surface area contributed by atoms with Crippen LogP contribution in [0.2, 0.25) is 0 Å². The molecule has 0 spiro atoms. The van der Waals surface area contributed by atoms with Gasteiger partial charge in [-0.3, -0.25) is 0 Å². The van der Waals surface area contributed by atoms with E-state index in [2.05, 4.69) is 4.72 Å². The fourth-order valence-corrected chi connectivity index (χ4v) is 2.88. The lowest BCUT2D eigenvalue weighted by atomic mass is 9.78. The standard InChI is InChI=1S/C11H15FN2O2S/c12-9-2-4-10(5-3-9)17(15,16)14-8-11(13)6-1-7-11/h2-5,14H,1,6-8,13H2. The van der Waals surface area contributed by atoms with Crippen molar-refractivity contribution in [2.75, 3.05) is 6.54 Å². The molecule has 94 valence electrons. The van der Waals surface area contributed by atoms with Crippen LogP contribution in [0.5, 0.6) is 0 Å². The van der Waals surface area contributed by atoms with Gasteiger partial charge in [0.05, 0.1) is 4.90 Å². The van der Waals surface area contributed by atoms with Gasteiger partial charge >= 0.3 is 0 Å². The van der Waals surface area contributed by atoms with Crippen molar-refractivity contribution < 1.29 is 12.8 Å². The van der Waals surface area contributed by atoms with E-state index < -0.39 is 21.4 Å². The molecule has 1 fully saturated rings. The first-order chi connectivity index (χ1) is 7.91.